The minimum atomic E-state index is -1.01. The molecule has 0 aromatic carbocycles. The van der Waals surface area contributed by atoms with Gasteiger partial charge in [-0.05, 0) is 18.1 Å². The van der Waals surface area contributed by atoms with Crippen molar-refractivity contribution in [2.75, 3.05) is 6.54 Å². The van der Waals surface area contributed by atoms with Crippen LogP contribution in [0.15, 0.2) is 22.5 Å². The SMILES string of the molecule is C#CCCC1(CCNC(=O)CCc2c[nH]c(C(=O)O)c2)N=N1. The number of aromatic carboxylic acids is 1. The van der Waals surface area contributed by atoms with Crippen LogP contribution in [-0.2, 0) is 11.2 Å². The van der Waals surface area contributed by atoms with Gasteiger partial charge in [0.2, 0.25) is 5.91 Å². The number of aromatic amines is 1. The normalized spacial score (nSPS) is 14.3. The van der Waals surface area contributed by atoms with Crippen molar-refractivity contribution in [3.05, 3.63) is 23.5 Å². The molecule has 0 radical (unpaired) electrons. The number of nitrogens with zero attached hydrogens (tertiary/aromatic N) is 2. The number of carboxylic acid groups (broad SMARTS) is 1. The molecule has 116 valence electrons. The lowest BCUT2D eigenvalue weighted by Gasteiger charge is -2.09. The monoisotopic (exact) mass is 302 g/mol. The summed E-state index contributed by atoms with van der Waals surface area (Å²) in [6.07, 6.45) is 9.63. The van der Waals surface area contributed by atoms with Gasteiger partial charge in [-0.25, -0.2) is 4.79 Å². The zero-order valence-electron chi connectivity index (χ0n) is 12.1. The Hall–Kier alpha value is -2.62. The van der Waals surface area contributed by atoms with E-state index >= 15 is 0 Å². The summed E-state index contributed by atoms with van der Waals surface area (Å²) in [4.78, 5) is 25.1. The van der Waals surface area contributed by atoms with Crippen LogP contribution in [0.1, 0.15) is 41.7 Å². The average molecular weight is 302 g/mol. The molecule has 0 fully saturated rings. The Balaban J connectivity index is 1.64. The van der Waals surface area contributed by atoms with E-state index in [0.717, 1.165) is 12.0 Å². The van der Waals surface area contributed by atoms with E-state index in [1.54, 1.807) is 6.20 Å². The van der Waals surface area contributed by atoms with Gasteiger partial charge in [-0.15, -0.1) is 12.3 Å². The minimum absolute atomic E-state index is 0.0779. The first-order chi connectivity index (χ1) is 10.5. The highest BCUT2D eigenvalue weighted by Crippen LogP contribution is 2.35. The zero-order chi connectivity index (χ0) is 16.0. The standard InChI is InChI=1S/C15H18N4O3/c1-2-3-6-15(18-19-15)7-8-16-13(20)5-4-11-9-12(14(21)22)17-10-11/h1,9-10,17H,3-8H2,(H,16,20)(H,21,22). The third kappa shape index (κ3) is 4.45. The molecule has 2 heterocycles. The molecule has 1 aliphatic heterocycles. The van der Waals surface area contributed by atoms with Gasteiger partial charge in [0.15, 0.2) is 5.66 Å². The molecule has 0 saturated heterocycles. The molecule has 2 rings (SSSR count). The molecule has 0 saturated carbocycles. The predicted octanol–water partition coefficient (Wildman–Crippen LogP) is 1.73. The summed E-state index contributed by atoms with van der Waals surface area (Å²) in [6, 6.07) is 1.53. The number of terminal acetylenes is 1. The first-order valence-electron chi connectivity index (χ1n) is 7.09. The Morgan fingerprint density at radius 3 is 2.77 bits per heavy atom. The van der Waals surface area contributed by atoms with Gasteiger partial charge in [-0.2, -0.15) is 10.2 Å². The smallest absolute Gasteiger partial charge is 0.352 e. The van der Waals surface area contributed by atoms with E-state index in [9.17, 15) is 9.59 Å². The fourth-order valence-corrected chi connectivity index (χ4v) is 2.12. The van der Waals surface area contributed by atoms with E-state index in [0.29, 0.717) is 32.2 Å². The molecule has 0 atom stereocenters. The fraction of sp³-hybridized carbons (Fsp3) is 0.467. The number of carbonyl (C=O) groups excluding carboxylic acids is 1. The molecule has 7 nitrogen and oxygen atoms in total. The van der Waals surface area contributed by atoms with Crippen molar-refractivity contribution in [1.82, 2.24) is 10.3 Å². The summed E-state index contributed by atoms with van der Waals surface area (Å²) in [5, 5.41) is 19.6. The Labute approximate surface area is 128 Å². The number of aryl methyl sites for hydroxylation is 1. The fourth-order valence-electron chi connectivity index (χ4n) is 2.12. The third-order valence-corrected chi connectivity index (χ3v) is 3.51. The van der Waals surface area contributed by atoms with E-state index < -0.39 is 5.97 Å². The summed E-state index contributed by atoms with van der Waals surface area (Å²) in [7, 11) is 0. The van der Waals surface area contributed by atoms with Gasteiger partial charge in [-0.1, -0.05) is 0 Å². The first kappa shape index (κ1) is 15.8. The molecular formula is C15H18N4O3. The highest BCUT2D eigenvalue weighted by molar-refractivity contribution is 5.85. The van der Waals surface area contributed by atoms with Gasteiger partial charge < -0.3 is 15.4 Å². The number of H-pyrrole nitrogens is 1. The molecule has 0 aliphatic carbocycles. The van der Waals surface area contributed by atoms with E-state index in [2.05, 4.69) is 26.4 Å². The van der Waals surface area contributed by atoms with Crippen molar-refractivity contribution in [1.29, 1.82) is 0 Å². The summed E-state index contributed by atoms with van der Waals surface area (Å²) >= 11 is 0. The van der Waals surface area contributed by atoms with Crippen LogP contribution in [-0.4, -0.2) is 34.2 Å². The van der Waals surface area contributed by atoms with Crippen molar-refractivity contribution >= 4 is 11.9 Å². The number of rotatable bonds is 9. The summed E-state index contributed by atoms with van der Waals surface area (Å²) < 4.78 is 0. The van der Waals surface area contributed by atoms with Crippen molar-refractivity contribution in [3.63, 3.8) is 0 Å². The Kier molecular flexibility index (Phi) is 4.94. The van der Waals surface area contributed by atoms with Gasteiger partial charge in [0, 0.05) is 38.4 Å². The second kappa shape index (κ2) is 6.89. The van der Waals surface area contributed by atoms with Crippen molar-refractivity contribution in [2.45, 2.75) is 37.8 Å². The molecule has 0 spiro atoms. The van der Waals surface area contributed by atoms with Crippen molar-refractivity contribution in [2.24, 2.45) is 10.2 Å². The van der Waals surface area contributed by atoms with E-state index in [-0.39, 0.29) is 17.3 Å². The zero-order valence-corrected chi connectivity index (χ0v) is 12.1. The molecule has 7 heteroatoms. The van der Waals surface area contributed by atoms with Crippen LogP contribution in [0.4, 0.5) is 0 Å². The number of nitrogens with one attached hydrogen (secondary N) is 2. The summed E-state index contributed by atoms with van der Waals surface area (Å²) in [6.45, 7) is 0.504. The quantitative estimate of drug-likeness (QED) is 0.604. The van der Waals surface area contributed by atoms with Crippen LogP contribution < -0.4 is 5.32 Å². The Morgan fingerprint density at radius 2 is 2.18 bits per heavy atom. The lowest BCUT2D eigenvalue weighted by Crippen LogP contribution is -2.28. The Bertz CT molecular complexity index is 621. The van der Waals surface area contributed by atoms with Crippen LogP contribution in [0.25, 0.3) is 0 Å². The predicted molar refractivity (Wildman–Crippen MR) is 79.4 cm³/mol. The number of carbonyl (C=O) groups is 2. The minimum Gasteiger partial charge on any atom is -0.477 e. The lowest BCUT2D eigenvalue weighted by molar-refractivity contribution is -0.121. The Morgan fingerprint density at radius 1 is 1.41 bits per heavy atom. The van der Waals surface area contributed by atoms with E-state index in [1.807, 2.05) is 0 Å². The molecule has 22 heavy (non-hydrogen) atoms. The van der Waals surface area contributed by atoms with Gasteiger partial charge in [-0.3, -0.25) is 4.79 Å². The maximum absolute atomic E-state index is 11.7. The van der Waals surface area contributed by atoms with Gasteiger partial charge >= 0.3 is 5.97 Å². The van der Waals surface area contributed by atoms with Crippen LogP contribution in [0.5, 0.6) is 0 Å². The maximum atomic E-state index is 11.7. The molecule has 0 unspecified atom stereocenters. The molecule has 1 aliphatic rings. The van der Waals surface area contributed by atoms with Crippen LogP contribution >= 0.6 is 0 Å². The largest absolute Gasteiger partial charge is 0.477 e. The van der Waals surface area contributed by atoms with Gasteiger partial charge in [0.1, 0.15) is 5.69 Å². The van der Waals surface area contributed by atoms with Crippen molar-refractivity contribution < 1.29 is 14.7 Å². The van der Waals surface area contributed by atoms with Crippen LogP contribution in [0, 0.1) is 12.3 Å². The van der Waals surface area contributed by atoms with Crippen LogP contribution in [0.3, 0.4) is 0 Å². The van der Waals surface area contributed by atoms with E-state index in [4.69, 9.17) is 11.5 Å². The highest BCUT2D eigenvalue weighted by Gasteiger charge is 2.38. The first-order valence-corrected chi connectivity index (χ1v) is 7.09. The molecule has 1 aromatic rings. The third-order valence-electron chi connectivity index (χ3n) is 3.51. The highest BCUT2D eigenvalue weighted by atomic mass is 16.4. The molecule has 3 N–H and O–H groups in total. The average Bonchev–Trinajstić information content (AvgIpc) is 3.09. The number of hydrogen-bond donors (Lipinski definition) is 3. The number of carboxylic acids is 1. The number of hydrogen-bond acceptors (Lipinski definition) is 4. The van der Waals surface area contributed by atoms with Crippen LogP contribution in [0.2, 0.25) is 0 Å². The van der Waals surface area contributed by atoms with Gasteiger partial charge in [0.05, 0.1) is 0 Å². The van der Waals surface area contributed by atoms with E-state index in [1.165, 1.54) is 6.07 Å². The summed E-state index contributed by atoms with van der Waals surface area (Å²) in [5.41, 5.74) is 0.546. The second-order valence-electron chi connectivity index (χ2n) is 5.21. The number of aromatic nitrogens is 1. The van der Waals surface area contributed by atoms with Crippen molar-refractivity contribution in [3.8, 4) is 12.3 Å². The maximum Gasteiger partial charge on any atom is 0.352 e. The molecule has 1 aromatic heterocycles. The lowest BCUT2D eigenvalue weighted by atomic mass is 10.0. The topological polar surface area (TPSA) is 107 Å². The second-order valence-corrected chi connectivity index (χ2v) is 5.21. The number of amides is 1. The van der Waals surface area contributed by atoms with Gasteiger partial charge in [0.25, 0.3) is 0 Å². The molecule has 1 amide bonds. The molecule has 0 bridgehead atoms. The summed E-state index contributed by atoms with van der Waals surface area (Å²) in [5.74, 6) is 1.47. The molecular weight excluding hydrogens is 284 g/mol.